The number of ether oxygens (including phenoxy) is 1. The minimum absolute atomic E-state index is 0.112. The van der Waals surface area contributed by atoms with Crippen LogP contribution in [0, 0.1) is 0 Å². The summed E-state index contributed by atoms with van der Waals surface area (Å²) in [5.41, 5.74) is 5.87. The van der Waals surface area contributed by atoms with Crippen LogP contribution in [0.1, 0.15) is 13.8 Å². The number of hydrogen-bond acceptors (Lipinski definition) is 6. The summed E-state index contributed by atoms with van der Waals surface area (Å²) in [6.45, 7) is 7.49. The van der Waals surface area contributed by atoms with Crippen molar-refractivity contribution in [1.82, 2.24) is 14.9 Å². The Labute approximate surface area is 114 Å². The molecule has 2 rings (SSSR count). The van der Waals surface area contributed by atoms with E-state index in [0.717, 1.165) is 25.5 Å². The molecule has 1 fully saturated rings. The van der Waals surface area contributed by atoms with Gasteiger partial charge in [-0.3, -0.25) is 0 Å². The second-order valence-corrected chi connectivity index (χ2v) is 5.23. The van der Waals surface area contributed by atoms with Gasteiger partial charge < -0.3 is 20.3 Å². The van der Waals surface area contributed by atoms with E-state index in [2.05, 4.69) is 26.8 Å². The molecule has 0 radical (unpaired) electrons. The maximum absolute atomic E-state index is 5.87. The molecule has 1 aliphatic heterocycles. The first kappa shape index (κ1) is 14.0. The average molecular weight is 265 g/mol. The fourth-order valence-electron chi connectivity index (χ4n) is 2.31. The van der Waals surface area contributed by atoms with E-state index >= 15 is 0 Å². The van der Waals surface area contributed by atoms with E-state index in [4.69, 9.17) is 10.5 Å². The Morgan fingerprint density at radius 2 is 2.21 bits per heavy atom. The van der Waals surface area contributed by atoms with Gasteiger partial charge in [-0.2, -0.15) is 0 Å². The highest BCUT2D eigenvalue weighted by molar-refractivity contribution is 5.43. The number of piperazine rings is 1. The van der Waals surface area contributed by atoms with Gasteiger partial charge in [0.1, 0.15) is 12.1 Å². The number of nitrogens with two attached hydrogens (primary N) is 1. The van der Waals surface area contributed by atoms with Crippen LogP contribution in [0.4, 0.5) is 5.82 Å². The highest BCUT2D eigenvalue weighted by Crippen LogP contribution is 2.20. The third-order valence-corrected chi connectivity index (χ3v) is 3.24. The van der Waals surface area contributed by atoms with Crippen LogP contribution in [-0.4, -0.2) is 60.2 Å². The van der Waals surface area contributed by atoms with Crippen LogP contribution in [0.3, 0.4) is 0 Å². The van der Waals surface area contributed by atoms with Gasteiger partial charge in [-0.05, 0) is 20.9 Å². The van der Waals surface area contributed by atoms with E-state index in [9.17, 15) is 0 Å². The molecular formula is C13H23N5O. The minimum atomic E-state index is 0.112. The van der Waals surface area contributed by atoms with E-state index in [0.29, 0.717) is 18.5 Å². The van der Waals surface area contributed by atoms with Gasteiger partial charge in [-0.1, -0.05) is 0 Å². The summed E-state index contributed by atoms with van der Waals surface area (Å²) in [7, 11) is 2.12. The molecule has 0 aliphatic carbocycles. The van der Waals surface area contributed by atoms with Gasteiger partial charge in [0.25, 0.3) is 0 Å². The predicted octanol–water partition coefficient (Wildman–Crippen LogP) is 0.343. The molecule has 19 heavy (non-hydrogen) atoms. The second-order valence-electron chi connectivity index (χ2n) is 5.23. The fraction of sp³-hybridized carbons (Fsp3) is 0.692. The molecule has 0 spiro atoms. The van der Waals surface area contributed by atoms with Crippen molar-refractivity contribution in [2.45, 2.75) is 26.0 Å². The van der Waals surface area contributed by atoms with E-state index in [1.807, 2.05) is 19.9 Å². The van der Waals surface area contributed by atoms with Crippen molar-refractivity contribution in [3.8, 4) is 5.88 Å². The first-order valence-corrected chi connectivity index (χ1v) is 6.74. The summed E-state index contributed by atoms with van der Waals surface area (Å²) < 4.78 is 5.62. The summed E-state index contributed by atoms with van der Waals surface area (Å²) in [6, 6.07) is 2.19. The SMILES string of the molecule is CC(C)Oc1cc(N2CCN(C)CC2CN)ncn1. The highest BCUT2D eigenvalue weighted by atomic mass is 16.5. The van der Waals surface area contributed by atoms with Gasteiger partial charge >= 0.3 is 0 Å². The molecule has 1 atom stereocenters. The van der Waals surface area contributed by atoms with Crippen LogP contribution in [0.5, 0.6) is 5.88 Å². The molecule has 0 amide bonds. The molecule has 1 aliphatic rings. The largest absolute Gasteiger partial charge is 0.475 e. The Morgan fingerprint density at radius 1 is 1.42 bits per heavy atom. The van der Waals surface area contributed by atoms with Crippen molar-refractivity contribution in [2.24, 2.45) is 5.73 Å². The summed E-state index contributed by atoms with van der Waals surface area (Å²) >= 11 is 0. The smallest absolute Gasteiger partial charge is 0.218 e. The van der Waals surface area contributed by atoms with Gasteiger partial charge in [0.2, 0.25) is 5.88 Å². The Morgan fingerprint density at radius 3 is 2.89 bits per heavy atom. The molecule has 6 nitrogen and oxygen atoms in total. The molecule has 1 unspecified atom stereocenters. The van der Waals surface area contributed by atoms with E-state index in [1.165, 1.54) is 0 Å². The molecule has 0 aromatic carbocycles. The summed E-state index contributed by atoms with van der Waals surface area (Å²) in [4.78, 5) is 13.0. The van der Waals surface area contributed by atoms with Crippen molar-refractivity contribution in [1.29, 1.82) is 0 Å². The molecule has 6 heteroatoms. The Kier molecular flexibility index (Phi) is 4.55. The lowest BCUT2D eigenvalue weighted by molar-refractivity contribution is 0.231. The monoisotopic (exact) mass is 265 g/mol. The zero-order valence-electron chi connectivity index (χ0n) is 11.9. The predicted molar refractivity (Wildman–Crippen MR) is 75.5 cm³/mol. The third-order valence-electron chi connectivity index (χ3n) is 3.24. The van der Waals surface area contributed by atoms with E-state index in [1.54, 1.807) is 6.33 Å². The van der Waals surface area contributed by atoms with Gasteiger partial charge in [0.05, 0.1) is 12.1 Å². The third kappa shape index (κ3) is 3.54. The van der Waals surface area contributed by atoms with Crippen LogP contribution in [0.15, 0.2) is 12.4 Å². The van der Waals surface area contributed by atoms with E-state index in [-0.39, 0.29) is 6.10 Å². The molecule has 106 valence electrons. The fourth-order valence-corrected chi connectivity index (χ4v) is 2.31. The zero-order chi connectivity index (χ0) is 13.8. The van der Waals surface area contributed by atoms with E-state index < -0.39 is 0 Å². The van der Waals surface area contributed by atoms with Crippen molar-refractivity contribution < 1.29 is 4.74 Å². The van der Waals surface area contributed by atoms with Gasteiger partial charge in [0.15, 0.2) is 0 Å². The summed E-state index contributed by atoms with van der Waals surface area (Å²) in [5, 5.41) is 0. The van der Waals surface area contributed by atoms with Gasteiger partial charge in [0, 0.05) is 32.2 Å². The maximum atomic E-state index is 5.87. The van der Waals surface area contributed by atoms with Crippen LogP contribution in [-0.2, 0) is 0 Å². The Bertz CT molecular complexity index is 412. The standard InChI is InChI=1S/C13H23N5O/c1-10(2)19-13-6-12(15-9-16-13)18-5-4-17(3)8-11(18)7-14/h6,9-11H,4-5,7-8,14H2,1-3H3. The molecule has 0 saturated carbocycles. The molecule has 1 aromatic rings. The average Bonchev–Trinajstić information content (AvgIpc) is 2.38. The molecule has 0 bridgehead atoms. The topological polar surface area (TPSA) is 67.5 Å². The van der Waals surface area contributed by atoms with Gasteiger partial charge in [-0.25, -0.2) is 9.97 Å². The number of aromatic nitrogens is 2. The summed E-state index contributed by atoms with van der Waals surface area (Å²) in [6.07, 6.45) is 1.67. The zero-order valence-corrected chi connectivity index (χ0v) is 11.9. The first-order valence-electron chi connectivity index (χ1n) is 6.74. The Balaban J connectivity index is 2.15. The van der Waals surface area contributed by atoms with Crippen molar-refractivity contribution in [2.75, 3.05) is 38.1 Å². The molecule has 2 heterocycles. The number of likely N-dealkylation sites (N-methyl/N-ethyl adjacent to an activating group) is 1. The van der Waals surface area contributed by atoms with Gasteiger partial charge in [-0.15, -0.1) is 0 Å². The normalized spacial score (nSPS) is 20.9. The Hall–Kier alpha value is -1.40. The number of nitrogens with zero attached hydrogens (tertiary/aromatic N) is 4. The first-order chi connectivity index (χ1) is 9.10. The molecule has 1 aromatic heterocycles. The van der Waals surface area contributed by atoms with Crippen LogP contribution in [0.25, 0.3) is 0 Å². The van der Waals surface area contributed by atoms with Crippen molar-refractivity contribution >= 4 is 5.82 Å². The van der Waals surface area contributed by atoms with Crippen molar-refractivity contribution in [3.63, 3.8) is 0 Å². The van der Waals surface area contributed by atoms with Crippen molar-refractivity contribution in [3.05, 3.63) is 12.4 Å². The van der Waals surface area contributed by atoms with Crippen LogP contribution in [0.2, 0.25) is 0 Å². The lowest BCUT2D eigenvalue weighted by atomic mass is 10.1. The number of rotatable bonds is 4. The quantitative estimate of drug-likeness (QED) is 0.847. The van der Waals surface area contributed by atoms with Crippen LogP contribution < -0.4 is 15.4 Å². The number of anilines is 1. The highest BCUT2D eigenvalue weighted by Gasteiger charge is 2.25. The lowest BCUT2D eigenvalue weighted by Crippen LogP contribution is -2.55. The summed E-state index contributed by atoms with van der Waals surface area (Å²) in [5.74, 6) is 1.52. The molecule has 1 saturated heterocycles. The molecular weight excluding hydrogens is 242 g/mol. The minimum Gasteiger partial charge on any atom is -0.475 e. The maximum Gasteiger partial charge on any atom is 0.218 e. The number of hydrogen-bond donors (Lipinski definition) is 1. The lowest BCUT2D eigenvalue weighted by Gasteiger charge is -2.40. The molecule has 2 N–H and O–H groups in total. The second kappa shape index (κ2) is 6.16. The van der Waals surface area contributed by atoms with Crippen LogP contribution >= 0.6 is 0 Å².